The Kier molecular flexibility index (Phi) is 4.06. The van der Waals surface area contributed by atoms with Gasteiger partial charge in [-0.05, 0) is 25.1 Å². The Morgan fingerprint density at radius 1 is 1.11 bits per heavy atom. The van der Waals surface area contributed by atoms with E-state index >= 15 is 0 Å². The van der Waals surface area contributed by atoms with E-state index < -0.39 is 0 Å². The van der Waals surface area contributed by atoms with Gasteiger partial charge in [0.15, 0.2) is 0 Å². The second-order valence-electron chi connectivity index (χ2n) is 4.88. The van der Waals surface area contributed by atoms with Gasteiger partial charge in [0, 0.05) is 30.6 Å². The molecule has 0 saturated carbocycles. The molecule has 99 valence electrons. The third-order valence-electron chi connectivity index (χ3n) is 3.52. The number of pyridine rings is 1. The number of aromatic nitrogens is 1. The van der Waals surface area contributed by atoms with Crippen LogP contribution >= 0.6 is 0 Å². The monoisotopic (exact) mass is 255 g/mol. The van der Waals surface area contributed by atoms with Crippen molar-refractivity contribution in [2.45, 2.75) is 6.42 Å². The number of para-hydroxylation sites is 1. The number of benzene rings is 1. The van der Waals surface area contributed by atoms with E-state index in [0.29, 0.717) is 0 Å². The molecule has 0 atom stereocenters. The van der Waals surface area contributed by atoms with Crippen LogP contribution in [0, 0.1) is 6.42 Å². The van der Waals surface area contributed by atoms with E-state index in [1.807, 2.05) is 12.1 Å². The van der Waals surface area contributed by atoms with Crippen LogP contribution < -0.4 is 0 Å². The predicted molar refractivity (Wildman–Crippen MR) is 77.0 cm³/mol. The van der Waals surface area contributed by atoms with Crippen LogP contribution in [-0.2, 0) is 4.74 Å². The summed E-state index contributed by atoms with van der Waals surface area (Å²) in [5.74, 6) is 0. The molecule has 1 aliphatic rings. The lowest BCUT2D eigenvalue weighted by atomic mass is 10.1. The van der Waals surface area contributed by atoms with E-state index in [9.17, 15) is 0 Å². The number of nitrogens with zero attached hydrogens (tertiary/aromatic N) is 2. The van der Waals surface area contributed by atoms with Gasteiger partial charge >= 0.3 is 0 Å². The van der Waals surface area contributed by atoms with Gasteiger partial charge in [-0.15, -0.1) is 0 Å². The molecule has 1 aliphatic heterocycles. The van der Waals surface area contributed by atoms with Crippen molar-refractivity contribution in [3.8, 4) is 0 Å². The summed E-state index contributed by atoms with van der Waals surface area (Å²) in [6, 6.07) is 12.5. The molecule has 1 aromatic carbocycles. The van der Waals surface area contributed by atoms with Gasteiger partial charge in [0.1, 0.15) is 0 Å². The highest BCUT2D eigenvalue weighted by molar-refractivity contribution is 5.78. The van der Waals surface area contributed by atoms with Crippen LogP contribution in [-0.4, -0.2) is 42.7 Å². The topological polar surface area (TPSA) is 25.4 Å². The first-order valence-corrected chi connectivity index (χ1v) is 6.91. The van der Waals surface area contributed by atoms with Gasteiger partial charge in [-0.2, -0.15) is 0 Å². The maximum atomic E-state index is 5.35. The highest BCUT2D eigenvalue weighted by atomic mass is 16.5. The van der Waals surface area contributed by atoms with Crippen molar-refractivity contribution in [1.82, 2.24) is 9.88 Å². The van der Waals surface area contributed by atoms with Crippen LogP contribution in [0.15, 0.2) is 36.4 Å². The van der Waals surface area contributed by atoms with Crippen LogP contribution in [0.4, 0.5) is 0 Å². The number of hydrogen-bond donors (Lipinski definition) is 0. The van der Waals surface area contributed by atoms with E-state index in [0.717, 1.165) is 50.5 Å². The highest BCUT2D eigenvalue weighted by Gasteiger charge is 2.09. The summed E-state index contributed by atoms with van der Waals surface area (Å²) in [4.78, 5) is 7.10. The smallest absolute Gasteiger partial charge is 0.0705 e. The molecule has 0 amide bonds. The third-order valence-corrected chi connectivity index (χ3v) is 3.52. The summed E-state index contributed by atoms with van der Waals surface area (Å²) in [6.07, 6.45) is 3.27. The van der Waals surface area contributed by atoms with Crippen LogP contribution in [0.2, 0.25) is 0 Å². The Balaban J connectivity index is 1.56. The molecule has 1 radical (unpaired) electrons. The molecule has 0 aliphatic carbocycles. The lowest BCUT2D eigenvalue weighted by molar-refractivity contribution is 0.0384. The molecule has 2 aromatic rings. The molecule has 1 fully saturated rings. The molecule has 2 heterocycles. The molecule has 3 nitrogen and oxygen atoms in total. The Morgan fingerprint density at radius 3 is 2.84 bits per heavy atom. The maximum absolute atomic E-state index is 5.35. The number of ether oxygens (including phenoxy) is 1. The fourth-order valence-corrected chi connectivity index (χ4v) is 2.42. The van der Waals surface area contributed by atoms with E-state index in [1.54, 1.807) is 0 Å². The molecular formula is C16H19N2O. The number of hydrogen-bond acceptors (Lipinski definition) is 3. The standard InChI is InChI=1S/C16H19N2O/c1-2-6-16-14(4-1)7-8-15(17-16)5-3-9-18-10-12-19-13-11-18/h1-2,4-8H,3,9-13H2. The van der Waals surface area contributed by atoms with Gasteiger partial charge in [-0.1, -0.05) is 24.3 Å². The maximum Gasteiger partial charge on any atom is 0.0705 e. The van der Waals surface area contributed by atoms with Crippen molar-refractivity contribution in [2.75, 3.05) is 32.8 Å². The number of rotatable bonds is 4. The molecule has 3 rings (SSSR count). The molecule has 19 heavy (non-hydrogen) atoms. The van der Waals surface area contributed by atoms with Crippen molar-refractivity contribution >= 4 is 10.9 Å². The largest absolute Gasteiger partial charge is 0.379 e. The highest BCUT2D eigenvalue weighted by Crippen LogP contribution is 2.13. The number of morpholine rings is 1. The van der Waals surface area contributed by atoms with Gasteiger partial charge < -0.3 is 4.74 Å². The van der Waals surface area contributed by atoms with Crippen molar-refractivity contribution < 1.29 is 4.74 Å². The van der Waals surface area contributed by atoms with Crippen molar-refractivity contribution in [2.24, 2.45) is 0 Å². The van der Waals surface area contributed by atoms with E-state index in [2.05, 4.69) is 40.6 Å². The van der Waals surface area contributed by atoms with Gasteiger partial charge in [0.2, 0.25) is 0 Å². The second kappa shape index (κ2) is 6.13. The van der Waals surface area contributed by atoms with Crippen molar-refractivity contribution in [3.05, 3.63) is 48.5 Å². The second-order valence-corrected chi connectivity index (χ2v) is 4.88. The van der Waals surface area contributed by atoms with E-state index in [-0.39, 0.29) is 0 Å². The summed E-state index contributed by atoms with van der Waals surface area (Å²) in [6.45, 7) is 4.94. The summed E-state index contributed by atoms with van der Waals surface area (Å²) in [5, 5.41) is 1.20. The fraction of sp³-hybridized carbons (Fsp3) is 0.375. The normalized spacial score (nSPS) is 16.8. The Hall–Kier alpha value is -1.45. The predicted octanol–water partition coefficient (Wildman–Crippen LogP) is 2.51. The summed E-state index contributed by atoms with van der Waals surface area (Å²) in [5.41, 5.74) is 2.15. The van der Waals surface area contributed by atoms with Gasteiger partial charge in [0.25, 0.3) is 0 Å². The first kappa shape index (κ1) is 12.6. The molecule has 0 unspecified atom stereocenters. The van der Waals surface area contributed by atoms with Crippen molar-refractivity contribution in [3.63, 3.8) is 0 Å². The molecule has 0 N–H and O–H groups in total. The zero-order chi connectivity index (χ0) is 12.9. The summed E-state index contributed by atoms with van der Waals surface area (Å²) < 4.78 is 5.35. The van der Waals surface area contributed by atoms with E-state index in [1.165, 1.54) is 5.39 Å². The van der Waals surface area contributed by atoms with Gasteiger partial charge in [-0.25, -0.2) is 0 Å². The Labute approximate surface area is 114 Å². The molecular weight excluding hydrogens is 236 g/mol. The molecule has 3 heteroatoms. The van der Waals surface area contributed by atoms with Crippen LogP contribution in [0.5, 0.6) is 0 Å². The first-order chi connectivity index (χ1) is 9.42. The van der Waals surface area contributed by atoms with Crippen molar-refractivity contribution in [1.29, 1.82) is 0 Å². The number of fused-ring (bicyclic) bond motifs is 1. The summed E-state index contributed by atoms with van der Waals surface area (Å²) in [7, 11) is 0. The quantitative estimate of drug-likeness (QED) is 0.839. The molecule has 0 bridgehead atoms. The third kappa shape index (κ3) is 3.31. The zero-order valence-electron chi connectivity index (χ0n) is 11.1. The fourth-order valence-electron chi connectivity index (χ4n) is 2.42. The van der Waals surface area contributed by atoms with Gasteiger partial charge in [-0.3, -0.25) is 9.88 Å². The lowest BCUT2D eigenvalue weighted by Crippen LogP contribution is -2.36. The van der Waals surface area contributed by atoms with E-state index in [4.69, 9.17) is 4.74 Å². The Bertz CT molecular complexity index is 535. The van der Waals surface area contributed by atoms with Crippen LogP contribution in [0.1, 0.15) is 12.1 Å². The lowest BCUT2D eigenvalue weighted by Gasteiger charge is -2.26. The molecule has 1 aromatic heterocycles. The minimum absolute atomic E-state index is 0.869. The average Bonchev–Trinajstić information content (AvgIpc) is 2.48. The van der Waals surface area contributed by atoms with Gasteiger partial charge in [0.05, 0.1) is 18.7 Å². The average molecular weight is 255 g/mol. The Morgan fingerprint density at radius 2 is 1.95 bits per heavy atom. The minimum atomic E-state index is 0.869. The minimum Gasteiger partial charge on any atom is -0.379 e. The zero-order valence-corrected chi connectivity index (χ0v) is 11.1. The van der Waals surface area contributed by atoms with Crippen LogP contribution in [0.25, 0.3) is 10.9 Å². The first-order valence-electron chi connectivity index (χ1n) is 6.91. The molecule has 0 spiro atoms. The SMILES string of the molecule is [CH](CCN1CCOCC1)c1ccc2ccccc2n1. The molecule has 1 saturated heterocycles. The van der Waals surface area contributed by atoms with Crippen LogP contribution in [0.3, 0.4) is 0 Å². The summed E-state index contributed by atoms with van der Waals surface area (Å²) >= 11 is 0.